The molecule has 1 atom stereocenters. The predicted molar refractivity (Wildman–Crippen MR) is 64.3 cm³/mol. The zero-order valence-electron chi connectivity index (χ0n) is 9.93. The SMILES string of the molecule is COc1ccc2c(c1)C(C=O)CN2C(C)C. The van der Waals surface area contributed by atoms with Gasteiger partial charge in [0.15, 0.2) is 0 Å². The van der Waals surface area contributed by atoms with E-state index in [4.69, 9.17) is 4.74 Å². The highest BCUT2D eigenvalue weighted by atomic mass is 16.5. The summed E-state index contributed by atoms with van der Waals surface area (Å²) in [5.41, 5.74) is 2.25. The molecule has 0 spiro atoms. The molecular formula is C13H17NO2. The van der Waals surface area contributed by atoms with E-state index >= 15 is 0 Å². The lowest BCUT2D eigenvalue weighted by atomic mass is 10.0. The summed E-state index contributed by atoms with van der Waals surface area (Å²) in [6.45, 7) is 5.06. The Morgan fingerprint density at radius 1 is 1.50 bits per heavy atom. The standard InChI is InChI=1S/C13H17NO2/c1-9(2)14-7-10(8-15)12-6-11(16-3)4-5-13(12)14/h4-6,8-10H,7H2,1-3H3. The third-order valence-corrected chi connectivity index (χ3v) is 3.12. The summed E-state index contributed by atoms with van der Waals surface area (Å²) in [4.78, 5) is 13.3. The van der Waals surface area contributed by atoms with E-state index in [0.717, 1.165) is 29.8 Å². The van der Waals surface area contributed by atoms with Crippen LogP contribution in [-0.2, 0) is 4.79 Å². The number of benzene rings is 1. The van der Waals surface area contributed by atoms with E-state index in [0.29, 0.717) is 6.04 Å². The fourth-order valence-corrected chi connectivity index (χ4v) is 2.23. The van der Waals surface area contributed by atoms with Crippen LogP contribution in [0.4, 0.5) is 5.69 Å². The quantitative estimate of drug-likeness (QED) is 0.730. The molecule has 1 aromatic carbocycles. The number of hydrogen-bond acceptors (Lipinski definition) is 3. The minimum Gasteiger partial charge on any atom is -0.497 e. The van der Waals surface area contributed by atoms with Crippen LogP contribution in [0, 0.1) is 0 Å². The van der Waals surface area contributed by atoms with Gasteiger partial charge in [-0.3, -0.25) is 0 Å². The molecule has 0 saturated carbocycles. The molecule has 0 radical (unpaired) electrons. The normalized spacial score (nSPS) is 18.8. The molecule has 1 heterocycles. The molecule has 0 saturated heterocycles. The molecule has 0 fully saturated rings. The van der Waals surface area contributed by atoms with Crippen molar-refractivity contribution >= 4 is 12.0 Å². The number of aldehydes is 1. The topological polar surface area (TPSA) is 29.5 Å². The average Bonchev–Trinajstić information content (AvgIpc) is 2.66. The van der Waals surface area contributed by atoms with Crippen molar-refractivity contribution in [1.82, 2.24) is 0 Å². The van der Waals surface area contributed by atoms with Crippen molar-refractivity contribution < 1.29 is 9.53 Å². The van der Waals surface area contributed by atoms with Gasteiger partial charge in [0, 0.05) is 18.3 Å². The predicted octanol–water partition coefficient (Wildman–Crippen LogP) is 2.21. The fourth-order valence-electron chi connectivity index (χ4n) is 2.23. The van der Waals surface area contributed by atoms with Crippen molar-refractivity contribution in [3.8, 4) is 5.75 Å². The van der Waals surface area contributed by atoms with E-state index in [2.05, 4.69) is 18.7 Å². The van der Waals surface area contributed by atoms with Crippen molar-refractivity contribution in [2.24, 2.45) is 0 Å². The zero-order valence-corrected chi connectivity index (χ0v) is 9.93. The van der Waals surface area contributed by atoms with E-state index in [1.807, 2.05) is 18.2 Å². The van der Waals surface area contributed by atoms with Crippen molar-refractivity contribution in [3.63, 3.8) is 0 Å². The van der Waals surface area contributed by atoms with Gasteiger partial charge in [-0.25, -0.2) is 0 Å². The monoisotopic (exact) mass is 219 g/mol. The molecule has 1 aliphatic rings. The van der Waals surface area contributed by atoms with Gasteiger partial charge in [0.1, 0.15) is 12.0 Å². The smallest absolute Gasteiger partial charge is 0.129 e. The van der Waals surface area contributed by atoms with E-state index in [9.17, 15) is 4.79 Å². The first-order chi connectivity index (χ1) is 7.67. The molecule has 0 bridgehead atoms. The van der Waals surface area contributed by atoms with Crippen LogP contribution in [0.5, 0.6) is 5.75 Å². The number of ether oxygens (including phenoxy) is 1. The first-order valence-electron chi connectivity index (χ1n) is 5.57. The molecule has 16 heavy (non-hydrogen) atoms. The van der Waals surface area contributed by atoms with E-state index in [1.165, 1.54) is 0 Å². The van der Waals surface area contributed by atoms with E-state index < -0.39 is 0 Å². The van der Waals surface area contributed by atoms with Gasteiger partial charge in [-0.2, -0.15) is 0 Å². The van der Waals surface area contributed by atoms with E-state index in [-0.39, 0.29) is 5.92 Å². The van der Waals surface area contributed by atoms with Crippen molar-refractivity contribution in [3.05, 3.63) is 23.8 Å². The van der Waals surface area contributed by atoms with Gasteiger partial charge in [0.2, 0.25) is 0 Å². The molecule has 0 amide bonds. The molecule has 3 heteroatoms. The van der Waals surface area contributed by atoms with Crippen LogP contribution < -0.4 is 9.64 Å². The highest BCUT2D eigenvalue weighted by molar-refractivity contribution is 5.75. The Balaban J connectivity index is 2.44. The molecule has 0 aliphatic carbocycles. The third kappa shape index (κ3) is 1.66. The summed E-state index contributed by atoms with van der Waals surface area (Å²) in [6, 6.07) is 6.37. The molecule has 1 aliphatic heterocycles. The first-order valence-corrected chi connectivity index (χ1v) is 5.57. The number of anilines is 1. The highest BCUT2D eigenvalue weighted by Crippen LogP contribution is 2.38. The number of carbonyl (C=O) groups excluding carboxylic acids is 1. The Morgan fingerprint density at radius 2 is 2.25 bits per heavy atom. The van der Waals surface area contributed by atoms with Gasteiger partial charge in [0.05, 0.1) is 13.0 Å². The van der Waals surface area contributed by atoms with Gasteiger partial charge >= 0.3 is 0 Å². The second-order valence-electron chi connectivity index (χ2n) is 4.41. The van der Waals surface area contributed by atoms with Crippen LogP contribution in [0.2, 0.25) is 0 Å². The molecular weight excluding hydrogens is 202 g/mol. The molecule has 1 unspecified atom stereocenters. The van der Waals surface area contributed by atoms with Gasteiger partial charge < -0.3 is 14.4 Å². The van der Waals surface area contributed by atoms with Crippen molar-refractivity contribution in [2.75, 3.05) is 18.6 Å². The summed E-state index contributed by atoms with van der Waals surface area (Å²) < 4.78 is 5.19. The maximum atomic E-state index is 11.1. The second kappa shape index (κ2) is 4.16. The Kier molecular flexibility index (Phi) is 2.86. The third-order valence-electron chi connectivity index (χ3n) is 3.12. The fraction of sp³-hybridized carbons (Fsp3) is 0.462. The Labute approximate surface area is 96.0 Å². The zero-order chi connectivity index (χ0) is 11.7. The van der Waals surface area contributed by atoms with Crippen LogP contribution in [0.15, 0.2) is 18.2 Å². The molecule has 0 N–H and O–H groups in total. The number of fused-ring (bicyclic) bond motifs is 1. The van der Waals surface area contributed by atoms with Gasteiger partial charge in [-0.15, -0.1) is 0 Å². The molecule has 86 valence electrons. The Bertz CT molecular complexity index is 401. The summed E-state index contributed by atoms with van der Waals surface area (Å²) in [5, 5.41) is 0. The lowest BCUT2D eigenvalue weighted by Gasteiger charge is -2.24. The molecule has 3 nitrogen and oxygen atoms in total. The highest BCUT2D eigenvalue weighted by Gasteiger charge is 2.29. The molecule has 0 aromatic heterocycles. The van der Waals surface area contributed by atoms with Crippen LogP contribution >= 0.6 is 0 Å². The van der Waals surface area contributed by atoms with Crippen molar-refractivity contribution in [1.29, 1.82) is 0 Å². The average molecular weight is 219 g/mol. The first kappa shape index (κ1) is 11.0. The maximum absolute atomic E-state index is 11.1. The van der Waals surface area contributed by atoms with Crippen molar-refractivity contribution in [2.45, 2.75) is 25.8 Å². The van der Waals surface area contributed by atoms with Crippen LogP contribution in [0.3, 0.4) is 0 Å². The molecule has 1 aromatic rings. The van der Waals surface area contributed by atoms with Gasteiger partial charge in [-0.05, 0) is 37.6 Å². The maximum Gasteiger partial charge on any atom is 0.129 e. The summed E-state index contributed by atoms with van der Waals surface area (Å²) in [5.74, 6) is 0.795. The lowest BCUT2D eigenvalue weighted by molar-refractivity contribution is -0.108. The van der Waals surface area contributed by atoms with Gasteiger partial charge in [0.25, 0.3) is 0 Å². The van der Waals surface area contributed by atoms with Crippen LogP contribution in [-0.4, -0.2) is 26.0 Å². The number of rotatable bonds is 3. The van der Waals surface area contributed by atoms with Gasteiger partial charge in [-0.1, -0.05) is 0 Å². The number of hydrogen-bond donors (Lipinski definition) is 0. The summed E-state index contributed by atoms with van der Waals surface area (Å²) in [6.07, 6.45) is 1.03. The molecule has 2 rings (SSSR count). The summed E-state index contributed by atoms with van der Waals surface area (Å²) in [7, 11) is 1.65. The Morgan fingerprint density at radius 3 is 2.81 bits per heavy atom. The minimum atomic E-state index is -0.0208. The number of methoxy groups -OCH3 is 1. The number of nitrogens with zero attached hydrogens (tertiary/aromatic N) is 1. The number of carbonyl (C=O) groups is 1. The Hall–Kier alpha value is -1.51. The second-order valence-corrected chi connectivity index (χ2v) is 4.41. The largest absolute Gasteiger partial charge is 0.497 e. The van der Waals surface area contributed by atoms with E-state index in [1.54, 1.807) is 7.11 Å². The lowest BCUT2D eigenvalue weighted by Crippen LogP contribution is -2.29. The summed E-state index contributed by atoms with van der Waals surface area (Å²) >= 11 is 0. The minimum absolute atomic E-state index is 0.0208. The van der Waals surface area contributed by atoms with Crippen LogP contribution in [0.1, 0.15) is 25.3 Å². The van der Waals surface area contributed by atoms with Crippen LogP contribution in [0.25, 0.3) is 0 Å².